The molecule has 0 saturated carbocycles. The molecule has 2 aromatic carbocycles. The lowest BCUT2D eigenvalue weighted by Crippen LogP contribution is -2.52. The molecule has 1 saturated heterocycles. The minimum Gasteiger partial charge on any atom is -0.405 e. The van der Waals surface area contributed by atoms with Crippen molar-refractivity contribution in [3.05, 3.63) is 65.5 Å². The van der Waals surface area contributed by atoms with Crippen molar-refractivity contribution in [3.63, 3.8) is 0 Å². The second kappa shape index (κ2) is 10.7. The van der Waals surface area contributed by atoms with E-state index in [1.807, 2.05) is 0 Å². The average Bonchev–Trinajstić information content (AvgIpc) is 3.23. The van der Waals surface area contributed by atoms with Gasteiger partial charge in [0.2, 0.25) is 5.91 Å². The van der Waals surface area contributed by atoms with Crippen LogP contribution in [0.25, 0.3) is 11.1 Å². The van der Waals surface area contributed by atoms with Gasteiger partial charge in [0.15, 0.2) is 0 Å². The fraction of sp³-hybridized carbons (Fsp3) is 0.385. The number of halogens is 3. The van der Waals surface area contributed by atoms with Gasteiger partial charge in [-0.15, -0.1) is 13.2 Å². The van der Waals surface area contributed by atoms with Gasteiger partial charge in [0.05, 0.1) is 11.7 Å². The van der Waals surface area contributed by atoms with E-state index in [0.717, 1.165) is 18.5 Å². The number of piperidine rings is 1. The maximum atomic E-state index is 13.2. The fourth-order valence-electron chi connectivity index (χ4n) is 4.57. The van der Waals surface area contributed by atoms with Crippen LogP contribution >= 0.6 is 0 Å². The largest absolute Gasteiger partial charge is 0.573 e. The molecule has 0 bridgehead atoms. The summed E-state index contributed by atoms with van der Waals surface area (Å²) in [6.07, 6.45) is -3.17. The molecule has 10 heteroatoms. The second-order valence-electron chi connectivity index (χ2n) is 8.93. The summed E-state index contributed by atoms with van der Waals surface area (Å²) in [6.45, 7) is 4.12. The predicted molar refractivity (Wildman–Crippen MR) is 127 cm³/mol. The zero-order valence-corrected chi connectivity index (χ0v) is 20.0. The number of aromatic nitrogens is 1. The molecule has 4 rings (SSSR count). The van der Waals surface area contributed by atoms with E-state index >= 15 is 0 Å². The van der Waals surface area contributed by atoms with Crippen molar-refractivity contribution in [1.29, 1.82) is 0 Å². The van der Waals surface area contributed by atoms with Gasteiger partial charge in [-0.25, -0.2) is 0 Å². The molecule has 2 heterocycles. The number of alkyl halides is 3. The molecule has 2 unspecified atom stereocenters. The molecule has 1 aliphatic heterocycles. The number of amides is 1. The zero-order valence-electron chi connectivity index (χ0n) is 20.0. The SMILES string of the molecule is Cc1cc(CC(O)N2CCCCC2C(=O)Nc2ccc(-c3ccccc3OC(F)(F)F)c(C)c2)on1. The van der Waals surface area contributed by atoms with E-state index in [0.29, 0.717) is 41.1 Å². The first-order chi connectivity index (χ1) is 17.1. The lowest BCUT2D eigenvalue weighted by atomic mass is 9.98. The Balaban J connectivity index is 1.48. The van der Waals surface area contributed by atoms with Crippen LogP contribution in [0.5, 0.6) is 5.75 Å². The Labute approximate surface area is 206 Å². The van der Waals surface area contributed by atoms with Gasteiger partial charge < -0.3 is 19.7 Å². The number of hydrogen-bond donors (Lipinski definition) is 2. The molecule has 1 fully saturated rings. The number of carbonyl (C=O) groups excluding carboxylic acids is 1. The summed E-state index contributed by atoms with van der Waals surface area (Å²) in [5.41, 5.74) is 2.77. The third-order valence-corrected chi connectivity index (χ3v) is 6.19. The van der Waals surface area contributed by atoms with Crippen LogP contribution in [0.4, 0.5) is 18.9 Å². The number of nitrogens with zero attached hydrogens (tertiary/aromatic N) is 2. The van der Waals surface area contributed by atoms with E-state index in [9.17, 15) is 23.1 Å². The first kappa shape index (κ1) is 25.7. The van der Waals surface area contributed by atoms with Gasteiger partial charge in [0.1, 0.15) is 17.7 Å². The first-order valence-electron chi connectivity index (χ1n) is 11.7. The molecule has 1 aromatic heterocycles. The number of likely N-dealkylation sites (tertiary alicyclic amines) is 1. The topological polar surface area (TPSA) is 87.8 Å². The van der Waals surface area contributed by atoms with Crippen LogP contribution < -0.4 is 10.1 Å². The van der Waals surface area contributed by atoms with E-state index in [2.05, 4.69) is 15.2 Å². The lowest BCUT2D eigenvalue weighted by Gasteiger charge is -2.37. The summed E-state index contributed by atoms with van der Waals surface area (Å²) in [6, 6.07) is 12.2. The highest BCUT2D eigenvalue weighted by atomic mass is 19.4. The van der Waals surface area contributed by atoms with E-state index in [1.54, 1.807) is 55.1 Å². The molecular formula is C26H28F3N3O4. The Morgan fingerprint density at radius 1 is 1.19 bits per heavy atom. The van der Waals surface area contributed by atoms with Crippen molar-refractivity contribution >= 4 is 11.6 Å². The Hall–Kier alpha value is -3.37. The van der Waals surface area contributed by atoms with Gasteiger partial charge in [0, 0.05) is 30.3 Å². The van der Waals surface area contributed by atoms with Gasteiger partial charge in [0.25, 0.3) is 0 Å². The molecule has 7 nitrogen and oxygen atoms in total. The average molecular weight is 504 g/mol. The number of aliphatic hydroxyl groups is 1. The summed E-state index contributed by atoms with van der Waals surface area (Å²) >= 11 is 0. The van der Waals surface area contributed by atoms with Crippen molar-refractivity contribution in [2.75, 3.05) is 11.9 Å². The number of ether oxygens (including phenoxy) is 1. The van der Waals surface area contributed by atoms with Crippen LogP contribution in [-0.4, -0.2) is 46.2 Å². The third kappa shape index (κ3) is 6.24. The lowest BCUT2D eigenvalue weighted by molar-refractivity contribution is -0.274. The minimum absolute atomic E-state index is 0.220. The van der Waals surface area contributed by atoms with Crippen molar-refractivity contribution in [1.82, 2.24) is 10.1 Å². The highest BCUT2D eigenvalue weighted by molar-refractivity contribution is 5.95. The van der Waals surface area contributed by atoms with Gasteiger partial charge >= 0.3 is 6.36 Å². The number of benzene rings is 2. The Bertz CT molecular complexity index is 1210. The standard InChI is InChI=1S/C26H28F3N3O4/c1-16-13-18(10-11-20(16)21-7-3-4-9-23(21)35-26(27,28)29)30-25(34)22-8-5-6-12-32(22)24(33)15-19-14-17(2)31-36-19/h3-4,7,9-11,13-14,22,24,33H,5-6,8,12,15H2,1-2H3,(H,30,34). The molecule has 1 aliphatic rings. The van der Waals surface area contributed by atoms with Crippen LogP contribution in [0.15, 0.2) is 53.1 Å². The first-order valence-corrected chi connectivity index (χ1v) is 11.7. The molecule has 0 radical (unpaired) electrons. The van der Waals surface area contributed by atoms with Crippen molar-refractivity contribution in [2.45, 2.75) is 58.2 Å². The highest BCUT2D eigenvalue weighted by Gasteiger charge is 2.34. The minimum atomic E-state index is -4.80. The third-order valence-electron chi connectivity index (χ3n) is 6.19. The summed E-state index contributed by atoms with van der Waals surface area (Å²) in [4.78, 5) is 14.9. The molecule has 3 aromatic rings. The van der Waals surface area contributed by atoms with Crippen molar-refractivity contribution in [3.8, 4) is 16.9 Å². The predicted octanol–water partition coefficient (Wildman–Crippen LogP) is 5.21. The fourth-order valence-corrected chi connectivity index (χ4v) is 4.57. The monoisotopic (exact) mass is 503 g/mol. The molecule has 2 N–H and O–H groups in total. The van der Waals surface area contributed by atoms with Crippen LogP contribution in [0.2, 0.25) is 0 Å². The Morgan fingerprint density at radius 2 is 1.97 bits per heavy atom. The number of hydrogen-bond acceptors (Lipinski definition) is 6. The molecule has 0 aliphatic carbocycles. The van der Waals surface area contributed by atoms with Crippen LogP contribution in [-0.2, 0) is 11.2 Å². The normalized spacial score (nSPS) is 17.6. The summed E-state index contributed by atoms with van der Waals surface area (Å²) < 4.78 is 47.9. The number of nitrogens with one attached hydrogen (secondary N) is 1. The van der Waals surface area contributed by atoms with Gasteiger partial charge in [-0.05, 0) is 56.0 Å². The van der Waals surface area contributed by atoms with E-state index in [-0.39, 0.29) is 18.1 Å². The smallest absolute Gasteiger partial charge is 0.405 e. The Morgan fingerprint density at radius 3 is 2.67 bits per heavy atom. The van der Waals surface area contributed by atoms with Crippen molar-refractivity contribution < 1.29 is 32.3 Å². The second-order valence-corrected chi connectivity index (χ2v) is 8.93. The molecule has 192 valence electrons. The number of anilines is 1. The zero-order chi connectivity index (χ0) is 25.9. The van der Waals surface area contributed by atoms with Crippen molar-refractivity contribution in [2.24, 2.45) is 0 Å². The van der Waals surface area contributed by atoms with E-state index < -0.39 is 18.6 Å². The number of aryl methyl sites for hydroxylation is 2. The molecular weight excluding hydrogens is 475 g/mol. The van der Waals surface area contributed by atoms with Crippen LogP contribution in [0.1, 0.15) is 36.3 Å². The molecule has 0 spiro atoms. The number of aliphatic hydroxyl groups excluding tert-OH is 1. The number of carbonyl (C=O) groups is 1. The van der Waals surface area contributed by atoms with Gasteiger partial charge in [-0.1, -0.05) is 35.8 Å². The number of rotatable bonds is 7. The maximum absolute atomic E-state index is 13.2. The summed E-state index contributed by atoms with van der Waals surface area (Å²) in [5, 5.41) is 17.5. The van der Waals surface area contributed by atoms with Crippen LogP contribution in [0, 0.1) is 13.8 Å². The number of para-hydroxylation sites is 1. The molecule has 2 atom stereocenters. The maximum Gasteiger partial charge on any atom is 0.573 e. The van der Waals surface area contributed by atoms with Gasteiger partial charge in [-0.3, -0.25) is 9.69 Å². The Kier molecular flexibility index (Phi) is 7.65. The van der Waals surface area contributed by atoms with Crippen LogP contribution in [0.3, 0.4) is 0 Å². The van der Waals surface area contributed by atoms with E-state index in [4.69, 9.17) is 4.52 Å². The highest BCUT2D eigenvalue weighted by Crippen LogP contribution is 2.36. The summed E-state index contributed by atoms with van der Waals surface area (Å²) in [5.74, 6) is -0.000134. The molecule has 1 amide bonds. The van der Waals surface area contributed by atoms with E-state index in [1.165, 1.54) is 12.1 Å². The molecule has 36 heavy (non-hydrogen) atoms. The van der Waals surface area contributed by atoms with Gasteiger partial charge in [-0.2, -0.15) is 0 Å². The quantitative estimate of drug-likeness (QED) is 0.460. The summed E-state index contributed by atoms with van der Waals surface area (Å²) in [7, 11) is 0.